The highest BCUT2D eigenvalue weighted by Gasteiger charge is 2.16. The van der Waals surface area contributed by atoms with Crippen LogP contribution in [0.5, 0.6) is 0 Å². The average Bonchev–Trinajstić information content (AvgIpc) is 2.63. The van der Waals surface area contributed by atoms with Crippen LogP contribution in [0.1, 0.15) is 11.1 Å². The normalized spacial score (nSPS) is 11.8. The van der Waals surface area contributed by atoms with E-state index < -0.39 is 10.0 Å². The van der Waals surface area contributed by atoms with Crippen molar-refractivity contribution in [2.75, 3.05) is 21.1 Å². The van der Waals surface area contributed by atoms with Crippen molar-refractivity contribution < 1.29 is 8.42 Å². The third kappa shape index (κ3) is 6.95. The van der Waals surface area contributed by atoms with Crippen molar-refractivity contribution in [2.24, 2.45) is 4.99 Å². The molecule has 0 aliphatic rings. The fourth-order valence-electron chi connectivity index (χ4n) is 2.18. The van der Waals surface area contributed by atoms with Gasteiger partial charge in [-0.25, -0.2) is 12.7 Å². The van der Waals surface area contributed by atoms with E-state index in [0.717, 1.165) is 11.1 Å². The van der Waals surface area contributed by atoms with E-state index in [1.807, 2.05) is 24.3 Å². The van der Waals surface area contributed by atoms with Crippen molar-refractivity contribution in [3.63, 3.8) is 0 Å². The van der Waals surface area contributed by atoms with E-state index in [1.54, 1.807) is 31.3 Å². The van der Waals surface area contributed by atoms with Crippen molar-refractivity contribution in [3.05, 3.63) is 64.7 Å². The molecule has 148 valence electrons. The number of benzene rings is 2. The quantitative estimate of drug-likeness (QED) is 0.347. The van der Waals surface area contributed by atoms with Gasteiger partial charge in [0.15, 0.2) is 5.96 Å². The van der Waals surface area contributed by atoms with Crippen molar-refractivity contribution in [1.82, 2.24) is 14.9 Å². The number of halogens is 2. The van der Waals surface area contributed by atoms with Crippen LogP contribution < -0.4 is 10.6 Å². The van der Waals surface area contributed by atoms with Crippen molar-refractivity contribution in [1.29, 1.82) is 0 Å². The lowest BCUT2D eigenvalue weighted by molar-refractivity contribution is 0.520. The van der Waals surface area contributed by atoms with Crippen LogP contribution in [0.15, 0.2) is 58.4 Å². The zero-order chi connectivity index (χ0) is 19.2. The molecule has 2 N–H and O–H groups in total. The Bertz CT molecular complexity index is 854. The van der Waals surface area contributed by atoms with Crippen molar-refractivity contribution in [3.8, 4) is 0 Å². The Labute approximate surface area is 183 Å². The molecule has 0 aliphatic carbocycles. The van der Waals surface area contributed by atoms with E-state index in [1.165, 1.54) is 18.4 Å². The number of nitrogens with zero attached hydrogens (tertiary/aromatic N) is 2. The first-order valence-electron chi connectivity index (χ1n) is 8.03. The Morgan fingerprint density at radius 2 is 1.41 bits per heavy atom. The van der Waals surface area contributed by atoms with Crippen LogP contribution in [0.2, 0.25) is 5.02 Å². The molecule has 9 heteroatoms. The fourth-order valence-corrected chi connectivity index (χ4v) is 3.21. The minimum Gasteiger partial charge on any atom is -0.352 e. The molecule has 0 atom stereocenters. The molecular weight excluding hydrogens is 499 g/mol. The molecule has 0 spiro atoms. The monoisotopic (exact) mass is 522 g/mol. The van der Waals surface area contributed by atoms with Crippen LogP contribution in [0, 0.1) is 0 Å². The fraction of sp³-hybridized carbons (Fsp3) is 0.278. The molecule has 0 aromatic heterocycles. The van der Waals surface area contributed by atoms with Gasteiger partial charge in [0.1, 0.15) is 0 Å². The van der Waals surface area contributed by atoms with Crippen molar-refractivity contribution in [2.45, 2.75) is 18.0 Å². The summed E-state index contributed by atoms with van der Waals surface area (Å²) in [6, 6.07) is 14.4. The maximum absolute atomic E-state index is 12.1. The molecule has 0 bridgehead atoms. The topological polar surface area (TPSA) is 73.8 Å². The van der Waals surface area contributed by atoms with E-state index >= 15 is 0 Å². The third-order valence-corrected chi connectivity index (χ3v) is 5.84. The van der Waals surface area contributed by atoms with Gasteiger partial charge < -0.3 is 10.6 Å². The lowest BCUT2D eigenvalue weighted by Crippen LogP contribution is -2.36. The predicted octanol–water partition coefficient (Wildman–Crippen LogP) is 3.07. The van der Waals surface area contributed by atoms with Crippen LogP contribution in [-0.4, -0.2) is 39.8 Å². The lowest BCUT2D eigenvalue weighted by atomic mass is 10.2. The first-order valence-corrected chi connectivity index (χ1v) is 9.85. The minimum atomic E-state index is -3.40. The molecule has 0 heterocycles. The largest absolute Gasteiger partial charge is 0.352 e. The van der Waals surface area contributed by atoms with Crippen LogP contribution in [0.3, 0.4) is 0 Å². The van der Waals surface area contributed by atoms with Gasteiger partial charge in [-0.3, -0.25) is 4.99 Å². The Kier molecular flexibility index (Phi) is 9.51. The summed E-state index contributed by atoms with van der Waals surface area (Å²) in [6.07, 6.45) is 0. The number of nitrogens with one attached hydrogen (secondary N) is 2. The Hall–Kier alpha value is -1.36. The van der Waals surface area contributed by atoms with E-state index in [9.17, 15) is 8.42 Å². The number of sulfonamides is 1. The third-order valence-electron chi connectivity index (χ3n) is 3.76. The molecule has 2 aromatic carbocycles. The summed E-state index contributed by atoms with van der Waals surface area (Å²) in [5.41, 5.74) is 2.05. The minimum absolute atomic E-state index is 0. The van der Waals surface area contributed by atoms with Crippen LogP contribution in [-0.2, 0) is 23.1 Å². The van der Waals surface area contributed by atoms with E-state index in [2.05, 4.69) is 15.6 Å². The Morgan fingerprint density at radius 3 is 1.81 bits per heavy atom. The van der Waals surface area contributed by atoms with Gasteiger partial charge in [0.2, 0.25) is 10.0 Å². The van der Waals surface area contributed by atoms with Gasteiger partial charge in [0.25, 0.3) is 0 Å². The Balaban J connectivity index is 0.00000364. The number of hydrogen-bond donors (Lipinski definition) is 2. The predicted molar refractivity (Wildman–Crippen MR) is 121 cm³/mol. The van der Waals surface area contributed by atoms with E-state index in [4.69, 9.17) is 11.6 Å². The summed E-state index contributed by atoms with van der Waals surface area (Å²) >= 11 is 5.88. The number of rotatable bonds is 6. The molecule has 0 aliphatic heterocycles. The van der Waals surface area contributed by atoms with Gasteiger partial charge in [-0.15, -0.1) is 24.0 Å². The maximum Gasteiger partial charge on any atom is 0.242 e. The molecule has 2 rings (SSSR count). The zero-order valence-electron chi connectivity index (χ0n) is 15.4. The number of guanidine groups is 1. The highest BCUT2D eigenvalue weighted by molar-refractivity contribution is 14.0. The van der Waals surface area contributed by atoms with E-state index in [-0.39, 0.29) is 28.9 Å². The first kappa shape index (κ1) is 23.7. The van der Waals surface area contributed by atoms with Gasteiger partial charge in [-0.2, -0.15) is 0 Å². The highest BCUT2D eigenvalue weighted by atomic mass is 127. The molecule has 2 aromatic rings. The second-order valence-electron chi connectivity index (χ2n) is 5.84. The average molecular weight is 523 g/mol. The molecule has 6 nitrogen and oxygen atoms in total. The number of aliphatic imine (C=N–C) groups is 1. The summed E-state index contributed by atoms with van der Waals surface area (Å²) in [5, 5.41) is 7.13. The summed E-state index contributed by atoms with van der Waals surface area (Å²) in [5.74, 6) is 0.657. The van der Waals surface area contributed by atoms with E-state index in [0.29, 0.717) is 24.1 Å². The summed E-state index contributed by atoms with van der Waals surface area (Å²) < 4.78 is 25.3. The molecule has 0 amide bonds. The second-order valence-corrected chi connectivity index (χ2v) is 8.43. The van der Waals surface area contributed by atoms with Crippen LogP contribution in [0.4, 0.5) is 0 Å². The molecule has 0 radical (unpaired) electrons. The first-order chi connectivity index (χ1) is 12.3. The molecule has 27 heavy (non-hydrogen) atoms. The van der Waals surface area contributed by atoms with Gasteiger partial charge in [-0.05, 0) is 35.4 Å². The van der Waals surface area contributed by atoms with Crippen molar-refractivity contribution >= 4 is 51.6 Å². The van der Waals surface area contributed by atoms with Gasteiger partial charge in [0.05, 0.1) is 4.90 Å². The molecule has 0 saturated carbocycles. The summed E-state index contributed by atoms with van der Waals surface area (Å²) in [6.45, 7) is 1.15. The highest BCUT2D eigenvalue weighted by Crippen LogP contribution is 2.14. The van der Waals surface area contributed by atoms with Gasteiger partial charge in [-0.1, -0.05) is 35.9 Å². The zero-order valence-corrected chi connectivity index (χ0v) is 19.3. The molecule has 0 fully saturated rings. The van der Waals surface area contributed by atoms with Gasteiger partial charge >= 0.3 is 0 Å². The smallest absolute Gasteiger partial charge is 0.242 e. The summed E-state index contributed by atoms with van der Waals surface area (Å²) in [7, 11) is 1.32. The van der Waals surface area contributed by atoms with Gasteiger partial charge in [0, 0.05) is 39.3 Å². The standard InChI is InChI=1S/C18H23ClN4O2S.HI/c1-20-18(21-12-14-4-8-16(19)9-5-14)22-13-15-6-10-17(11-7-15)26(24,25)23(2)3;/h4-11H,12-13H2,1-3H3,(H2,20,21,22);1H. The molecule has 0 unspecified atom stereocenters. The van der Waals surface area contributed by atoms with Crippen LogP contribution in [0.25, 0.3) is 0 Å². The lowest BCUT2D eigenvalue weighted by Gasteiger charge is -2.13. The van der Waals surface area contributed by atoms with Crippen LogP contribution >= 0.6 is 35.6 Å². The second kappa shape index (κ2) is 10.8. The SMILES string of the molecule is CN=C(NCc1ccc(Cl)cc1)NCc1ccc(S(=O)(=O)N(C)C)cc1.I. The molecular formula is C18H24ClIN4O2S. The summed E-state index contributed by atoms with van der Waals surface area (Å²) in [4.78, 5) is 4.46. The Morgan fingerprint density at radius 1 is 0.963 bits per heavy atom. The molecule has 0 saturated heterocycles. The number of hydrogen-bond acceptors (Lipinski definition) is 3. The maximum atomic E-state index is 12.1.